The fourth-order valence-corrected chi connectivity index (χ4v) is 7.22. The van der Waals surface area contributed by atoms with Gasteiger partial charge in [0.05, 0.1) is 6.61 Å². The van der Waals surface area contributed by atoms with Crippen molar-refractivity contribution in [2.45, 2.75) is 90.2 Å². The van der Waals surface area contributed by atoms with Crippen LogP contribution in [0.4, 0.5) is 5.69 Å². The number of aliphatic hydroxyl groups excluding tert-OH is 1. The van der Waals surface area contributed by atoms with Gasteiger partial charge in [0.25, 0.3) is 0 Å². The van der Waals surface area contributed by atoms with E-state index in [9.17, 15) is 19.8 Å². The Morgan fingerprint density at radius 2 is 1.83 bits per heavy atom. The molecule has 1 amide bonds. The molecule has 4 N–H and O–H groups in total. The molecule has 2 unspecified atom stereocenters. The van der Waals surface area contributed by atoms with Crippen molar-refractivity contribution in [3.63, 3.8) is 0 Å². The lowest BCUT2D eigenvalue weighted by molar-refractivity contribution is -0.142. The second kappa shape index (κ2) is 11.1. The molecule has 11 heteroatoms. The monoisotopic (exact) mass is 640 g/mol. The van der Waals surface area contributed by atoms with Crippen molar-refractivity contribution in [3.05, 3.63) is 82.8 Å². The lowest BCUT2D eigenvalue weighted by Crippen LogP contribution is -2.44. The van der Waals surface area contributed by atoms with E-state index >= 15 is 0 Å². The van der Waals surface area contributed by atoms with Gasteiger partial charge in [0.2, 0.25) is 17.7 Å². The van der Waals surface area contributed by atoms with Gasteiger partial charge >= 0.3 is 0 Å². The van der Waals surface area contributed by atoms with Crippen LogP contribution in [-0.4, -0.2) is 43.7 Å². The number of benzene rings is 2. The van der Waals surface area contributed by atoms with Gasteiger partial charge in [-0.3, -0.25) is 9.59 Å². The van der Waals surface area contributed by atoms with Gasteiger partial charge in [-0.2, -0.15) is 0 Å². The van der Waals surface area contributed by atoms with Crippen molar-refractivity contribution in [1.82, 2.24) is 15.3 Å². The highest BCUT2D eigenvalue weighted by Crippen LogP contribution is 2.59. The molecule has 0 fully saturated rings. The minimum Gasteiger partial charge on any atom is -0.469 e. The molecule has 4 atom stereocenters. The van der Waals surface area contributed by atoms with E-state index in [0.717, 1.165) is 22.4 Å². The summed E-state index contributed by atoms with van der Waals surface area (Å²) in [4.78, 5) is 37.2. The predicted octanol–water partition coefficient (Wildman–Crippen LogP) is 5.19. The summed E-state index contributed by atoms with van der Waals surface area (Å²) in [6.45, 7) is 9.16. The third-order valence-corrected chi connectivity index (χ3v) is 10.0. The Morgan fingerprint density at radius 3 is 2.53 bits per heavy atom. The fourth-order valence-electron chi connectivity index (χ4n) is 7.22. The summed E-state index contributed by atoms with van der Waals surface area (Å²) < 4.78 is 19.3. The van der Waals surface area contributed by atoms with Gasteiger partial charge in [-0.15, -0.1) is 0 Å². The zero-order chi connectivity index (χ0) is 33.3. The van der Waals surface area contributed by atoms with Gasteiger partial charge in [-0.05, 0) is 47.9 Å². The molecule has 5 heterocycles. The third kappa shape index (κ3) is 4.78. The maximum absolute atomic E-state index is 14.2. The Kier molecular flexibility index (Phi) is 7.32. The Labute approximate surface area is 272 Å². The lowest BCUT2D eigenvalue weighted by atomic mass is 9.72. The van der Waals surface area contributed by atoms with Gasteiger partial charge in [0.15, 0.2) is 23.5 Å². The number of anilines is 1. The molecule has 4 aromatic rings. The van der Waals surface area contributed by atoms with Crippen LogP contribution < -0.4 is 15.4 Å². The van der Waals surface area contributed by atoms with E-state index in [0.29, 0.717) is 22.9 Å². The zero-order valence-corrected chi connectivity index (χ0v) is 27.2. The summed E-state index contributed by atoms with van der Waals surface area (Å²) in [5.74, 6) is 0.00458. The van der Waals surface area contributed by atoms with E-state index in [2.05, 4.69) is 15.6 Å². The number of aromatic nitrogens is 2. The maximum Gasteiger partial charge on any atom is 0.249 e. The van der Waals surface area contributed by atoms with Crippen LogP contribution in [0.3, 0.4) is 0 Å². The number of ketones is 1. The second-order valence-corrected chi connectivity index (χ2v) is 13.9. The van der Waals surface area contributed by atoms with Crippen molar-refractivity contribution in [2.24, 2.45) is 11.3 Å². The van der Waals surface area contributed by atoms with Gasteiger partial charge in [-0.1, -0.05) is 65.0 Å². The smallest absolute Gasteiger partial charge is 0.249 e. The summed E-state index contributed by atoms with van der Waals surface area (Å²) in [6.07, 6.45) is 1.43. The molecule has 2 aromatic heterocycles. The highest BCUT2D eigenvalue weighted by atomic mass is 16.5. The first kappa shape index (κ1) is 31.1. The molecule has 2 aromatic carbocycles. The molecule has 3 aliphatic heterocycles. The van der Waals surface area contributed by atoms with Crippen LogP contribution in [0.15, 0.2) is 57.6 Å². The van der Waals surface area contributed by atoms with Crippen LogP contribution in [0.2, 0.25) is 0 Å². The summed E-state index contributed by atoms with van der Waals surface area (Å²) in [5, 5.41) is 27.6. The fraction of sp³-hybridized carbons (Fsp3) is 0.444. The van der Waals surface area contributed by atoms with Crippen molar-refractivity contribution < 1.29 is 33.4 Å². The minimum absolute atomic E-state index is 0.130. The van der Waals surface area contributed by atoms with Gasteiger partial charge in [0, 0.05) is 23.6 Å². The van der Waals surface area contributed by atoms with Crippen molar-refractivity contribution >= 4 is 17.4 Å². The highest BCUT2D eigenvalue weighted by Gasteiger charge is 2.61. The van der Waals surface area contributed by atoms with Gasteiger partial charge < -0.3 is 34.4 Å². The Bertz CT molecular complexity index is 1870. The molecule has 246 valence electrons. The number of aliphatic hydroxyl groups is 2. The van der Waals surface area contributed by atoms with Crippen LogP contribution in [0, 0.1) is 11.3 Å². The number of oxazole rings is 2. The average Bonchev–Trinajstić information content (AvgIpc) is 3.82. The van der Waals surface area contributed by atoms with Crippen LogP contribution in [-0.2, 0) is 28.0 Å². The molecule has 0 saturated heterocycles. The standard InChI is InChI=1S/C36H40N4O7/c1-6-35(44,7-2)26(42)16-20-14-19-12-13-25-23(15-19)36(22-10-8-9-11-24(22)38-33(36)46-25)29-27(31-37-21(17-41)18-45-31)39-32(47-29)28(34(3,4)5)40-30(20)43/h8-13,15,18,20,28,33,38,41,44H,6-7,14,16-17H2,1-5H3,(H,40,43)/t20?,28-,33+,36?/m1/s1. The number of hydrogen-bond acceptors (Lipinski definition) is 10. The first-order chi connectivity index (χ1) is 22.4. The van der Waals surface area contributed by atoms with E-state index in [1.54, 1.807) is 13.8 Å². The second-order valence-electron chi connectivity index (χ2n) is 13.9. The highest BCUT2D eigenvalue weighted by molar-refractivity contribution is 5.92. The Hall–Kier alpha value is -4.48. The molecule has 3 aliphatic rings. The number of fused-ring (bicyclic) bond motifs is 4. The number of nitrogens with one attached hydrogen (secondary N) is 2. The molecule has 1 spiro atoms. The summed E-state index contributed by atoms with van der Waals surface area (Å²) in [6, 6.07) is 13.0. The molecular formula is C36H40N4O7. The number of carbonyl (C=O) groups is 2. The van der Waals surface area contributed by atoms with Crippen LogP contribution >= 0.6 is 0 Å². The van der Waals surface area contributed by atoms with Crippen LogP contribution in [0.25, 0.3) is 11.6 Å². The molecule has 4 bridgehead atoms. The topological polar surface area (TPSA) is 160 Å². The van der Waals surface area contributed by atoms with Crippen molar-refractivity contribution in [3.8, 4) is 17.3 Å². The first-order valence-corrected chi connectivity index (χ1v) is 16.2. The molecular weight excluding hydrogens is 600 g/mol. The summed E-state index contributed by atoms with van der Waals surface area (Å²) in [5.41, 5.74) is 0.971. The molecule has 7 rings (SSSR count). The molecule has 0 radical (unpaired) electrons. The quantitative estimate of drug-likeness (QED) is 0.212. The normalized spacial score (nSPS) is 23.1. The van der Waals surface area contributed by atoms with E-state index in [1.165, 1.54) is 6.26 Å². The van der Waals surface area contributed by atoms with Crippen LogP contribution in [0.5, 0.6) is 5.75 Å². The van der Waals surface area contributed by atoms with Crippen molar-refractivity contribution in [1.29, 1.82) is 0 Å². The predicted molar refractivity (Wildman–Crippen MR) is 171 cm³/mol. The average molecular weight is 641 g/mol. The zero-order valence-electron chi connectivity index (χ0n) is 27.2. The number of Topliss-reactive ketones (excluding diaryl/α,β-unsaturated/α-hetero) is 1. The summed E-state index contributed by atoms with van der Waals surface area (Å²) >= 11 is 0. The van der Waals surface area contributed by atoms with E-state index in [-0.39, 0.29) is 55.8 Å². The molecule has 47 heavy (non-hydrogen) atoms. The van der Waals surface area contributed by atoms with Crippen LogP contribution in [0.1, 0.15) is 94.0 Å². The SMILES string of the molecule is CCC(O)(CC)C(=O)CC1Cc2ccc3c(c2)C2(c4ccccc4N[C@H]2O3)c2oc(nc2-c2nc(CO)co2)[C@H](C(C)(C)C)NC1=O. The van der Waals surface area contributed by atoms with E-state index < -0.39 is 34.6 Å². The third-order valence-electron chi connectivity index (χ3n) is 10.0. The number of ether oxygens (including phenoxy) is 1. The molecule has 0 aliphatic carbocycles. The van der Waals surface area contributed by atoms with E-state index in [1.807, 2.05) is 63.2 Å². The molecule has 0 saturated carbocycles. The number of hydrogen-bond donors (Lipinski definition) is 4. The summed E-state index contributed by atoms with van der Waals surface area (Å²) in [7, 11) is 0. The van der Waals surface area contributed by atoms with Gasteiger partial charge in [0.1, 0.15) is 34.8 Å². The van der Waals surface area contributed by atoms with Gasteiger partial charge in [-0.25, -0.2) is 9.97 Å². The number of carbonyl (C=O) groups excluding carboxylic acids is 2. The number of para-hydroxylation sites is 1. The number of rotatable bonds is 7. The maximum atomic E-state index is 14.2. The first-order valence-electron chi connectivity index (χ1n) is 16.2. The largest absolute Gasteiger partial charge is 0.469 e. The van der Waals surface area contributed by atoms with Crippen molar-refractivity contribution in [2.75, 3.05) is 5.32 Å². The Morgan fingerprint density at radius 1 is 1.06 bits per heavy atom. The minimum atomic E-state index is -1.51. The number of amides is 1. The van der Waals surface area contributed by atoms with E-state index in [4.69, 9.17) is 18.6 Å². The Balaban J connectivity index is 1.49. The molecule has 11 nitrogen and oxygen atoms in total. The number of nitrogens with zero attached hydrogens (tertiary/aromatic N) is 2. The lowest BCUT2D eigenvalue weighted by Gasteiger charge is -2.32.